The maximum absolute atomic E-state index is 11.8. The Bertz CT molecular complexity index is 312. The lowest BCUT2D eigenvalue weighted by molar-refractivity contribution is 0.276. The van der Waals surface area contributed by atoms with E-state index in [0.717, 1.165) is 43.5 Å². The Morgan fingerprint density at radius 2 is 1.75 bits per heavy atom. The minimum atomic E-state index is -4.83. The molecule has 1 fully saturated rings. The molecule has 0 amide bonds. The zero-order valence-electron chi connectivity index (χ0n) is 8.39. The van der Waals surface area contributed by atoms with E-state index in [2.05, 4.69) is 21.2 Å². The number of hydrogen-bond donors (Lipinski definition) is 3. The molecule has 1 rings (SSSR count). The molecule has 0 bridgehead atoms. The van der Waals surface area contributed by atoms with Gasteiger partial charge in [-0.05, 0) is 37.1 Å². The molecule has 1 atom stereocenters. The van der Waals surface area contributed by atoms with Crippen molar-refractivity contribution in [1.29, 1.82) is 0 Å². The van der Waals surface area contributed by atoms with Crippen molar-refractivity contribution in [2.45, 2.75) is 37.4 Å². The Kier molecular flexibility index (Phi) is 5.88. The molecule has 0 aromatic rings. The molecule has 1 saturated carbocycles. The second-order valence-electron chi connectivity index (χ2n) is 3.47. The summed E-state index contributed by atoms with van der Waals surface area (Å²) in [4.78, 5) is 17.2. The SMILES string of the molecule is O=P(O)(O)OP(=O)(OS)SC1CCCCC1. The second kappa shape index (κ2) is 6.25. The molecule has 1 aliphatic carbocycles. The third-order valence-electron chi connectivity index (χ3n) is 2.14. The fourth-order valence-electron chi connectivity index (χ4n) is 1.54. The van der Waals surface area contributed by atoms with E-state index in [1.165, 1.54) is 0 Å². The first kappa shape index (κ1) is 15.1. The van der Waals surface area contributed by atoms with Gasteiger partial charge in [0.1, 0.15) is 0 Å². The molecule has 0 aliphatic heterocycles. The van der Waals surface area contributed by atoms with Crippen LogP contribution in [0.3, 0.4) is 0 Å². The zero-order valence-corrected chi connectivity index (χ0v) is 11.9. The summed E-state index contributed by atoms with van der Waals surface area (Å²) in [7, 11) is -4.83. The molecule has 6 nitrogen and oxygen atoms in total. The van der Waals surface area contributed by atoms with Crippen molar-refractivity contribution in [3.63, 3.8) is 0 Å². The topological polar surface area (TPSA) is 93.1 Å². The monoisotopic (exact) mass is 308 g/mol. The smallest absolute Gasteiger partial charge is 0.302 e. The standard InChI is InChI=1S/C6H14O6P2S2/c7-13(8,9)11-14(10,12-15)16-6-4-2-1-3-5-6/h6,15H,1-5H2,(H2,7,8,9). The van der Waals surface area contributed by atoms with Gasteiger partial charge in [0.05, 0.1) is 0 Å². The highest BCUT2D eigenvalue weighted by molar-refractivity contribution is 8.56. The van der Waals surface area contributed by atoms with Crippen molar-refractivity contribution in [3.05, 3.63) is 0 Å². The van der Waals surface area contributed by atoms with Gasteiger partial charge in [-0.15, -0.1) is 0 Å². The van der Waals surface area contributed by atoms with Crippen LogP contribution in [-0.4, -0.2) is 15.0 Å². The minimum absolute atomic E-state index is 0.0401. The Hall–Kier alpha value is 1.000. The van der Waals surface area contributed by atoms with Gasteiger partial charge in [-0.3, -0.25) is 0 Å². The first-order valence-corrected chi connectivity index (χ1v) is 9.65. The van der Waals surface area contributed by atoms with Crippen molar-refractivity contribution in [2.75, 3.05) is 0 Å². The van der Waals surface area contributed by atoms with Crippen molar-refractivity contribution in [1.82, 2.24) is 0 Å². The van der Waals surface area contributed by atoms with Crippen LogP contribution in [0.2, 0.25) is 0 Å². The van der Waals surface area contributed by atoms with Gasteiger partial charge in [0.25, 0.3) is 0 Å². The number of phosphoric acid groups is 1. The van der Waals surface area contributed by atoms with Crippen LogP contribution in [0.4, 0.5) is 0 Å². The van der Waals surface area contributed by atoms with Crippen molar-refractivity contribution >= 4 is 38.9 Å². The van der Waals surface area contributed by atoms with Gasteiger partial charge in [0.2, 0.25) is 0 Å². The molecule has 10 heteroatoms. The highest BCUT2D eigenvalue weighted by atomic mass is 32.7. The molecule has 16 heavy (non-hydrogen) atoms. The quantitative estimate of drug-likeness (QED) is 0.408. The largest absolute Gasteiger partial charge is 0.477 e. The van der Waals surface area contributed by atoms with Gasteiger partial charge in [0, 0.05) is 5.25 Å². The highest BCUT2D eigenvalue weighted by Crippen LogP contribution is 2.71. The van der Waals surface area contributed by atoms with Crippen LogP contribution in [0, 0.1) is 0 Å². The molecule has 0 spiro atoms. The molecule has 0 aromatic carbocycles. The molecule has 0 heterocycles. The first-order chi connectivity index (χ1) is 7.35. The molecule has 0 aromatic heterocycles. The average Bonchev–Trinajstić information content (AvgIpc) is 2.16. The van der Waals surface area contributed by atoms with Crippen LogP contribution in [0.15, 0.2) is 0 Å². The van der Waals surface area contributed by atoms with E-state index >= 15 is 0 Å². The molecule has 1 aliphatic rings. The lowest BCUT2D eigenvalue weighted by atomic mass is 10.0. The Balaban J connectivity index is 2.58. The van der Waals surface area contributed by atoms with Gasteiger partial charge in [-0.1, -0.05) is 19.3 Å². The van der Waals surface area contributed by atoms with Crippen molar-refractivity contribution in [2.24, 2.45) is 0 Å². The summed E-state index contributed by atoms with van der Waals surface area (Å²) >= 11 is 4.20. The maximum atomic E-state index is 11.8. The summed E-state index contributed by atoms with van der Waals surface area (Å²) in [6, 6.07) is 0. The molecule has 2 N–H and O–H groups in total. The van der Waals surface area contributed by atoms with Crippen LogP contribution in [0.1, 0.15) is 32.1 Å². The molecule has 1 unspecified atom stereocenters. The molecule has 0 saturated heterocycles. The summed E-state index contributed by atoms with van der Waals surface area (Å²) in [6.07, 6.45) is 4.84. The third kappa shape index (κ3) is 5.56. The highest BCUT2D eigenvalue weighted by Gasteiger charge is 2.37. The molecule has 0 radical (unpaired) electrons. The zero-order chi connectivity index (χ0) is 12.2. The number of rotatable bonds is 5. The molecular weight excluding hydrogens is 294 g/mol. The van der Waals surface area contributed by atoms with Crippen LogP contribution in [0.25, 0.3) is 0 Å². The van der Waals surface area contributed by atoms with Crippen LogP contribution >= 0.6 is 38.9 Å². The van der Waals surface area contributed by atoms with Crippen molar-refractivity contribution < 1.29 is 27.2 Å². The first-order valence-electron chi connectivity index (χ1n) is 4.73. The third-order valence-corrected chi connectivity index (χ3v) is 8.48. The predicted octanol–water partition coefficient (Wildman–Crippen LogP) is 3.13. The summed E-state index contributed by atoms with van der Waals surface area (Å²) in [5.41, 5.74) is 0. The Morgan fingerprint density at radius 3 is 2.19 bits per heavy atom. The summed E-state index contributed by atoms with van der Waals surface area (Å²) in [5, 5.41) is 0.0401. The van der Waals surface area contributed by atoms with Gasteiger partial charge in [-0.25, -0.2) is 13.1 Å². The van der Waals surface area contributed by atoms with Gasteiger partial charge < -0.3 is 9.79 Å². The van der Waals surface area contributed by atoms with E-state index in [-0.39, 0.29) is 5.25 Å². The van der Waals surface area contributed by atoms with Gasteiger partial charge in [-0.2, -0.15) is 4.31 Å². The van der Waals surface area contributed by atoms with Crippen LogP contribution < -0.4 is 0 Å². The average molecular weight is 308 g/mol. The Morgan fingerprint density at radius 1 is 1.19 bits per heavy atom. The maximum Gasteiger partial charge on any atom is 0.477 e. The van der Waals surface area contributed by atoms with E-state index in [0.29, 0.717) is 0 Å². The lowest BCUT2D eigenvalue weighted by Crippen LogP contribution is -2.08. The Labute approximate surface area is 104 Å². The van der Waals surface area contributed by atoms with E-state index < -0.39 is 14.6 Å². The van der Waals surface area contributed by atoms with Crippen molar-refractivity contribution in [3.8, 4) is 0 Å². The van der Waals surface area contributed by atoms with E-state index in [9.17, 15) is 9.13 Å². The summed E-state index contributed by atoms with van der Waals surface area (Å²) in [6.45, 7) is -3.87. The molecule has 96 valence electrons. The fraction of sp³-hybridized carbons (Fsp3) is 1.00. The van der Waals surface area contributed by atoms with Crippen LogP contribution in [-0.2, 0) is 17.4 Å². The van der Waals surface area contributed by atoms with Gasteiger partial charge >= 0.3 is 14.6 Å². The lowest BCUT2D eigenvalue weighted by Gasteiger charge is -2.23. The van der Waals surface area contributed by atoms with E-state index in [1.54, 1.807) is 0 Å². The number of thiol groups is 1. The van der Waals surface area contributed by atoms with Gasteiger partial charge in [0.15, 0.2) is 0 Å². The summed E-state index contributed by atoms with van der Waals surface area (Å²) < 4.78 is 30.9. The minimum Gasteiger partial charge on any atom is -0.302 e. The predicted molar refractivity (Wildman–Crippen MR) is 65.3 cm³/mol. The normalized spacial score (nSPS) is 22.9. The fourth-order valence-corrected chi connectivity index (χ4v) is 7.39. The molecular formula is C6H14O6P2S2. The summed E-state index contributed by atoms with van der Waals surface area (Å²) in [5.74, 6) is 0. The van der Waals surface area contributed by atoms with E-state index in [4.69, 9.17) is 9.79 Å². The number of hydrogen-bond acceptors (Lipinski definition) is 6. The second-order valence-corrected chi connectivity index (χ2v) is 9.50. The van der Waals surface area contributed by atoms with Crippen LogP contribution in [0.5, 0.6) is 0 Å². The van der Waals surface area contributed by atoms with E-state index in [1.807, 2.05) is 0 Å².